The number of hydrogen-bond acceptors (Lipinski definition) is 8. The minimum atomic E-state index is -1.33. The Morgan fingerprint density at radius 3 is 2.84 bits per heavy atom. The van der Waals surface area contributed by atoms with Crippen molar-refractivity contribution in [3.8, 4) is 0 Å². The zero-order chi connectivity index (χ0) is 18.0. The molecule has 25 heavy (non-hydrogen) atoms. The second-order valence-corrected chi connectivity index (χ2v) is 5.84. The van der Waals surface area contributed by atoms with E-state index in [2.05, 4.69) is 25.7 Å². The Morgan fingerprint density at radius 2 is 2.20 bits per heavy atom. The van der Waals surface area contributed by atoms with Crippen molar-refractivity contribution in [2.75, 3.05) is 5.32 Å². The first-order valence-electron chi connectivity index (χ1n) is 6.87. The van der Waals surface area contributed by atoms with Gasteiger partial charge in [0.1, 0.15) is 24.4 Å². The average Bonchev–Trinajstić information content (AvgIpc) is 3.22. The van der Waals surface area contributed by atoms with Gasteiger partial charge in [0.05, 0.1) is 12.6 Å². The molecule has 0 aromatic carbocycles. The van der Waals surface area contributed by atoms with Crippen LogP contribution in [0.2, 0.25) is 0 Å². The maximum absolute atomic E-state index is 12.0. The fourth-order valence-corrected chi connectivity index (χ4v) is 2.82. The highest BCUT2D eigenvalue weighted by Gasteiger charge is 2.41. The van der Waals surface area contributed by atoms with E-state index >= 15 is 0 Å². The summed E-state index contributed by atoms with van der Waals surface area (Å²) in [7, 11) is 0. The summed E-state index contributed by atoms with van der Waals surface area (Å²) in [5.74, 6) is -2.39. The lowest BCUT2D eigenvalue weighted by atomic mass is 9.98. The first-order chi connectivity index (χ1) is 11.9. The Hall–Kier alpha value is -3.35. The zero-order valence-electron chi connectivity index (χ0n) is 12.4. The third-order valence-corrected chi connectivity index (χ3v) is 4.06. The van der Waals surface area contributed by atoms with E-state index in [9.17, 15) is 19.2 Å². The molecule has 130 valence electrons. The molecule has 1 fully saturated rings. The smallest absolute Gasteiger partial charge is 0.410 e. The van der Waals surface area contributed by atoms with Crippen LogP contribution in [0.3, 0.4) is 0 Å². The molecule has 0 bridgehead atoms. The fraction of sp³-hybridized carbons (Fsp3) is 0.250. The lowest BCUT2D eigenvalue weighted by Gasteiger charge is -2.36. The van der Waals surface area contributed by atoms with Gasteiger partial charge in [-0.25, -0.2) is 14.8 Å². The summed E-state index contributed by atoms with van der Waals surface area (Å²) in [5, 5.41) is 20.6. The number of anilines is 1. The minimum Gasteiger partial charge on any atom is -0.465 e. The van der Waals surface area contributed by atoms with Gasteiger partial charge in [0.25, 0.3) is 11.7 Å². The van der Waals surface area contributed by atoms with Crippen molar-refractivity contribution in [2.24, 2.45) is 0 Å². The van der Waals surface area contributed by atoms with Gasteiger partial charge in [0.15, 0.2) is 5.13 Å². The van der Waals surface area contributed by atoms with Crippen LogP contribution in [0.4, 0.5) is 9.93 Å². The van der Waals surface area contributed by atoms with E-state index < -0.39 is 35.8 Å². The van der Waals surface area contributed by atoms with E-state index in [1.165, 1.54) is 22.7 Å². The van der Waals surface area contributed by atoms with Gasteiger partial charge in [-0.2, -0.15) is 5.10 Å². The summed E-state index contributed by atoms with van der Waals surface area (Å²) in [6.07, 6.45) is 1.46. The third-order valence-electron chi connectivity index (χ3n) is 3.31. The lowest BCUT2D eigenvalue weighted by molar-refractivity contribution is -0.135. The molecule has 2 aromatic rings. The van der Waals surface area contributed by atoms with Gasteiger partial charge in [0.2, 0.25) is 5.91 Å². The highest BCUT2D eigenvalue weighted by atomic mass is 32.1. The van der Waals surface area contributed by atoms with Crippen molar-refractivity contribution in [1.82, 2.24) is 30.4 Å². The molecule has 3 amide bonds. The van der Waals surface area contributed by atoms with Crippen LogP contribution in [0.5, 0.6) is 0 Å². The second-order valence-electron chi connectivity index (χ2n) is 4.98. The highest BCUT2D eigenvalue weighted by Crippen LogP contribution is 2.16. The van der Waals surface area contributed by atoms with E-state index in [1.54, 1.807) is 0 Å². The molecule has 1 aliphatic heterocycles. The normalized spacial score (nSPS) is 18.8. The summed E-state index contributed by atoms with van der Waals surface area (Å²) in [6, 6.07) is -1.30. The summed E-state index contributed by atoms with van der Waals surface area (Å²) in [4.78, 5) is 53.7. The number of rotatable bonds is 6. The van der Waals surface area contributed by atoms with Crippen LogP contribution < -0.4 is 16.0 Å². The van der Waals surface area contributed by atoms with Gasteiger partial charge in [-0.05, 0) is 0 Å². The van der Waals surface area contributed by atoms with Crippen molar-refractivity contribution in [3.05, 3.63) is 23.7 Å². The Balaban J connectivity index is 1.60. The van der Waals surface area contributed by atoms with Crippen LogP contribution in [0, 0.1) is 0 Å². The number of aromatic nitrogens is 4. The number of hydrogen-bond donors (Lipinski definition) is 4. The van der Waals surface area contributed by atoms with Crippen LogP contribution in [0.1, 0.15) is 10.5 Å². The molecule has 4 N–H and O–H groups in total. The summed E-state index contributed by atoms with van der Waals surface area (Å²) >= 11 is 0.864. The number of ketones is 1. The molecule has 0 spiro atoms. The van der Waals surface area contributed by atoms with Crippen molar-refractivity contribution < 1.29 is 24.3 Å². The van der Waals surface area contributed by atoms with Crippen LogP contribution >= 0.6 is 11.3 Å². The number of carbonyl (C=O) groups is 4. The number of nitrogens with one attached hydrogen (secondary N) is 3. The third kappa shape index (κ3) is 3.60. The molecule has 0 radical (unpaired) electrons. The fourth-order valence-electron chi connectivity index (χ4n) is 2.14. The van der Waals surface area contributed by atoms with E-state index in [1.807, 2.05) is 5.32 Å². The van der Waals surface area contributed by atoms with Gasteiger partial charge in [-0.1, -0.05) is 0 Å². The minimum absolute atomic E-state index is 0.0332. The molecule has 3 heterocycles. The summed E-state index contributed by atoms with van der Waals surface area (Å²) in [6.45, 7) is 0.286. The summed E-state index contributed by atoms with van der Waals surface area (Å²) in [5.41, 5.74) is -0.209. The maximum Gasteiger partial charge on any atom is 0.410 e. The Bertz CT molecular complexity index is 833. The molecular weight excluding hydrogens is 354 g/mol. The van der Waals surface area contributed by atoms with E-state index in [-0.39, 0.29) is 17.4 Å². The first kappa shape index (κ1) is 16.5. The number of nitrogens with zero attached hydrogens (tertiary/aromatic N) is 4. The van der Waals surface area contributed by atoms with E-state index in [4.69, 9.17) is 5.11 Å². The van der Waals surface area contributed by atoms with Gasteiger partial charge < -0.3 is 15.7 Å². The number of β-lactam (4-membered cyclic amide) rings is 1. The predicted octanol–water partition coefficient (Wildman–Crippen LogP) is -1.31. The summed E-state index contributed by atoms with van der Waals surface area (Å²) < 4.78 is 1.48. The monoisotopic (exact) mass is 365 g/mol. The maximum atomic E-state index is 12.0. The quantitative estimate of drug-likeness (QED) is 0.278. The standard InChI is InChI=1S/C12H11N7O5S/c20-8(6-2-25-11(16-6)18-12(23)24)10(22)17-7-5(15-9(7)21)1-19-4-13-3-14-19/h2-5,7H,1H2,(H,15,21)(H,16,18)(H,17,22)(H,23,24)/t5-,7-/m0/s1. The van der Waals surface area contributed by atoms with Crippen LogP contribution in [-0.2, 0) is 16.1 Å². The average molecular weight is 365 g/mol. The molecule has 13 heteroatoms. The topological polar surface area (TPSA) is 168 Å². The molecule has 0 saturated carbocycles. The molecule has 2 aromatic heterocycles. The number of amides is 3. The number of Topliss-reactive ketones (excluding diaryl/α,β-unsaturated/α-hetero) is 1. The first-order valence-corrected chi connectivity index (χ1v) is 7.75. The van der Waals surface area contributed by atoms with E-state index in [0.29, 0.717) is 0 Å². The number of carbonyl (C=O) groups excluding carboxylic acids is 3. The van der Waals surface area contributed by atoms with Crippen molar-refractivity contribution in [1.29, 1.82) is 0 Å². The lowest BCUT2D eigenvalue weighted by Crippen LogP contribution is -2.70. The molecule has 0 aliphatic carbocycles. The van der Waals surface area contributed by atoms with Crippen molar-refractivity contribution in [3.63, 3.8) is 0 Å². The molecule has 0 unspecified atom stereocenters. The van der Waals surface area contributed by atoms with Crippen LogP contribution in [0.15, 0.2) is 18.0 Å². The number of thiazole rings is 1. The van der Waals surface area contributed by atoms with Gasteiger partial charge in [-0.3, -0.25) is 24.4 Å². The number of carboxylic acid groups (broad SMARTS) is 1. The van der Waals surface area contributed by atoms with Crippen molar-refractivity contribution in [2.45, 2.75) is 18.6 Å². The largest absolute Gasteiger partial charge is 0.465 e. The Morgan fingerprint density at radius 1 is 1.40 bits per heavy atom. The highest BCUT2D eigenvalue weighted by molar-refractivity contribution is 7.14. The SMILES string of the molecule is O=C(O)Nc1nc(C(=O)C(=O)N[C@@H]2C(=O)N[C@H]2Cn2cncn2)cs1. The van der Waals surface area contributed by atoms with Crippen LogP contribution in [0.25, 0.3) is 0 Å². The molecule has 3 rings (SSSR count). The van der Waals surface area contributed by atoms with Gasteiger partial charge in [0, 0.05) is 5.38 Å². The Labute approximate surface area is 143 Å². The van der Waals surface area contributed by atoms with Crippen LogP contribution in [-0.4, -0.2) is 60.6 Å². The second kappa shape index (κ2) is 6.64. The predicted molar refractivity (Wildman–Crippen MR) is 82.0 cm³/mol. The van der Waals surface area contributed by atoms with Gasteiger partial charge >= 0.3 is 6.09 Å². The van der Waals surface area contributed by atoms with E-state index in [0.717, 1.165) is 11.3 Å². The molecule has 1 saturated heterocycles. The molecular formula is C12H11N7O5S. The molecule has 12 nitrogen and oxygen atoms in total. The van der Waals surface area contributed by atoms with Gasteiger partial charge in [-0.15, -0.1) is 11.3 Å². The van der Waals surface area contributed by atoms with Crippen molar-refractivity contribution >= 4 is 40.2 Å². The molecule has 2 atom stereocenters. The Kier molecular flexibility index (Phi) is 4.38. The zero-order valence-corrected chi connectivity index (χ0v) is 13.2. The molecule has 1 aliphatic rings.